The Balaban J connectivity index is 0.000000281. The molecule has 0 bridgehead atoms. The third-order valence-corrected chi connectivity index (χ3v) is 10.6. The highest BCUT2D eigenvalue weighted by Crippen LogP contribution is 2.50. The summed E-state index contributed by atoms with van der Waals surface area (Å²) in [7, 11) is -7.46. The summed E-state index contributed by atoms with van der Waals surface area (Å²) in [5, 5.41) is 0. The predicted octanol–water partition coefficient (Wildman–Crippen LogP) is 14.0. The first kappa shape index (κ1) is 42.9. The Morgan fingerprint density at radius 2 is 0.577 bits per heavy atom. The van der Waals surface area contributed by atoms with E-state index in [2.05, 4.69) is 13.8 Å². The zero-order chi connectivity index (χ0) is 37.0. The minimum absolute atomic E-state index is 0.350. The van der Waals surface area contributed by atoms with Gasteiger partial charge < -0.3 is 18.1 Å². The van der Waals surface area contributed by atoms with E-state index in [0.29, 0.717) is 36.2 Å². The van der Waals surface area contributed by atoms with Gasteiger partial charge in [0.1, 0.15) is 23.0 Å². The highest BCUT2D eigenvalue weighted by Gasteiger charge is 2.31. The van der Waals surface area contributed by atoms with Gasteiger partial charge in [0.15, 0.2) is 0 Å². The van der Waals surface area contributed by atoms with Crippen LogP contribution >= 0.6 is 15.6 Å². The number of benzene rings is 4. The average Bonchev–Trinajstić information content (AvgIpc) is 3.15. The molecule has 8 nitrogen and oxygen atoms in total. The second-order valence-corrected chi connectivity index (χ2v) is 15.5. The molecule has 0 aliphatic carbocycles. The van der Waals surface area contributed by atoms with Crippen LogP contribution in [0.3, 0.4) is 0 Å². The maximum absolute atomic E-state index is 13.1. The van der Waals surface area contributed by atoms with Gasteiger partial charge in [-0.15, -0.1) is 0 Å². The van der Waals surface area contributed by atoms with Crippen LogP contribution in [0, 0.1) is 0 Å². The molecule has 4 aromatic rings. The van der Waals surface area contributed by atoms with Crippen molar-refractivity contribution in [3.8, 4) is 23.0 Å². The molecule has 0 aliphatic rings. The smallest absolute Gasteiger partial charge is 0.395 e. The Morgan fingerprint density at radius 1 is 0.346 bits per heavy atom. The SMILES string of the molecule is CCCCCCCCCCOP(=O)(Oc1ccccc1)Oc1ccccc1.CCCCCCCCOP(=O)(Oc1ccccc1)Oc1ccccc1. The Bertz CT molecular complexity index is 1430. The highest BCUT2D eigenvalue weighted by molar-refractivity contribution is 7.49. The van der Waals surface area contributed by atoms with Gasteiger partial charge in [-0.05, 0) is 61.4 Å². The molecule has 52 heavy (non-hydrogen) atoms. The first-order valence-corrected chi connectivity index (χ1v) is 21.8. The summed E-state index contributed by atoms with van der Waals surface area (Å²) in [5.41, 5.74) is 0. The van der Waals surface area contributed by atoms with Crippen LogP contribution in [-0.4, -0.2) is 13.2 Å². The summed E-state index contributed by atoms with van der Waals surface area (Å²) in [6, 6.07) is 35.9. The van der Waals surface area contributed by atoms with Gasteiger partial charge in [-0.1, -0.05) is 164 Å². The van der Waals surface area contributed by atoms with Gasteiger partial charge in [0.2, 0.25) is 0 Å². The number of hydrogen-bond donors (Lipinski definition) is 0. The van der Waals surface area contributed by atoms with Gasteiger partial charge in [0.05, 0.1) is 13.2 Å². The van der Waals surface area contributed by atoms with Crippen LogP contribution in [0.5, 0.6) is 23.0 Å². The van der Waals surface area contributed by atoms with Crippen LogP contribution in [0.25, 0.3) is 0 Å². The van der Waals surface area contributed by atoms with Crippen LogP contribution in [-0.2, 0) is 18.2 Å². The fraction of sp³-hybridized carbons (Fsp3) is 0.429. The molecular formula is C42H58O8P2. The first-order valence-electron chi connectivity index (χ1n) is 18.9. The summed E-state index contributed by atoms with van der Waals surface area (Å²) in [6.07, 6.45) is 16.3. The molecule has 0 spiro atoms. The molecule has 0 unspecified atom stereocenters. The molecule has 4 aromatic carbocycles. The normalized spacial score (nSPS) is 11.3. The van der Waals surface area contributed by atoms with Gasteiger partial charge in [0, 0.05) is 0 Å². The van der Waals surface area contributed by atoms with Crippen molar-refractivity contribution in [1.29, 1.82) is 0 Å². The number of rotatable bonds is 26. The summed E-state index contributed by atoms with van der Waals surface area (Å²) < 4.78 is 59.6. The number of para-hydroxylation sites is 4. The van der Waals surface area contributed by atoms with Crippen LogP contribution in [0.4, 0.5) is 0 Å². The molecule has 10 heteroatoms. The largest absolute Gasteiger partial charge is 0.587 e. The lowest BCUT2D eigenvalue weighted by molar-refractivity contribution is 0.204. The Labute approximate surface area is 312 Å². The van der Waals surface area contributed by atoms with Gasteiger partial charge >= 0.3 is 15.6 Å². The Kier molecular flexibility index (Phi) is 21.6. The van der Waals surface area contributed by atoms with Crippen molar-refractivity contribution < 1.29 is 36.3 Å². The second kappa shape index (κ2) is 26.3. The van der Waals surface area contributed by atoms with Crippen molar-refractivity contribution in [3.05, 3.63) is 121 Å². The van der Waals surface area contributed by atoms with Crippen molar-refractivity contribution in [1.82, 2.24) is 0 Å². The lowest BCUT2D eigenvalue weighted by Gasteiger charge is -2.19. The fourth-order valence-electron chi connectivity index (χ4n) is 5.06. The number of hydrogen-bond acceptors (Lipinski definition) is 8. The topological polar surface area (TPSA) is 89.5 Å². The van der Waals surface area contributed by atoms with Crippen molar-refractivity contribution in [2.75, 3.05) is 13.2 Å². The van der Waals surface area contributed by atoms with Crippen molar-refractivity contribution in [3.63, 3.8) is 0 Å². The van der Waals surface area contributed by atoms with E-state index in [1.165, 1.54) is 64.2 Å². The van der Waals surface area contributed by atoms with Crippen molar-refractivity contribution in [2.24, 2.45) is 0 Å². The standard InChI is InChI=1S/C22H31O4P.C20H27O4P/c1-2-3-4-5-6-7-8-15-20-24-27(23,25-21-16-11-9-12-17-21)26-22-18-13-10-14-19-22;1-2-3-4-5-6-13-18-22-25(21,23-19-14-9-7-10-15-19)24-20-16-11-8-12-17-20/h9-14,16-19H,2-8,15,20H2,1H3;7-12,14-17H,2-6,13,18H2,1H3. The molecule has 0 N–H and O–H groups in total. The molecule has 0 atom stereocenters. The second-order valence-electron chi connectivity index (χ2n) is 12.4. The third kappa shape index (κ3) is 19.3. The van der Waals surface area contributed by atoms with E-state index in [4.69, 9.17) is 27.1 Å². The summed E-state index contributed by atoms with van der Waals surface area (Å²) in [6.45, 7) is 5.13. The molecule has 0 heterocycles. The summed E-state index contributed by atoms with van der Waals surface area (Å²) in [5.74, 6) is 1.86. The molecule has 4 rings (SSSR count). The number of phosphoric acid groups is 2. The van der Waals surface area contributed by atoms with Crippen LogP contribution < -0.4 is 18.1 Å². The quantitative estimate of drug-likeness (QED) is 0.0463. The molecule has 0 saturated carbocycles. The van der Waals surface area contributed by atoms with Crippen LogP contribution in [0.15, 0.2) is 121 Å². The number of phosphoric ester groups is 2. The maximum Gasteiger partial charge on any atom is 0.587 e. The Hall–Kier alpha value is -3.54. The van der Waals surface area contributed by atoms with Gasteiger partial charge in [0.25, 0.3) is 0 Å². The molecule has 0 aliphatic heterocycles. The van der Waals surface area contributed by atoms with Gasteiger partial charge in [-0.25, -0.2) is 9.13 Å². The molecule has 284 valence electrons. The zero-order valence-electron chi connectivity index (χ0n) is 31.0. The van der Waals surface area contributed by atoms with Crippen molar-refractivity contribution in [2.45, 2.75) is 104 Å². The maximum atomic E-state index is 13.1. The lowest BCUT2D eigenvalue weighted by atomic mass is 10.1. The number of unbranched alkanes of at least 4 members (excludes halogenated alkanes) is 12. The van der Waals surface area contributed by atoms with E-state index < -0.39 is 15.6 Å². The lowest BCUT2D eigenvalue weighted by Crippen LogP contribution is -2.06. The third-order valence-electron chi connectivity index (χ3n) is 7.84. The van der Waals surface area contributed by atoms with Gasteiger partial charge in [-0.3, -0.25) is 9.05 Å². The minimum atomic E-state index is -3.73. The highest BCUT2D eigenvalue weighted by atomic mass is 31.2. The first-order chi connectivity index (χ1) is 25.4. The minimum Gasteiger partial charge on any atom is -0.395 e. The van der Waals surface area contributed by atoms with Crippen LogP contribution in [0.1, 0.15) is 104 Å². The Morgan fingerprint density at radius 3 is 0.827 bits per heavy atom. The van der Waals surface area contributed by atoms with E-state index in [0.717, 1.165) is 25.7 Å². The zero-order valence-corrected chi connectivity index (χ0v) is 32.8. The van der Waals surface area contributed by atoms with E-state index in [1.54, 1.807) is 48.5 Å². The molecule has 0 amide bonds. The van der Waals surface area contributed by atoms with Crippen molar-refractivity contribution >= 4 is 15.6 Å². The molecular weight excluding hydrogens is 694 g/mol. The fourth-order valence-corrected chi connectivity index (χ4v) is 7.57. The summed E-state index contributed by atoms with van der Waals surface area (Å²) in [4.78, 5) is 0. The molecule has 0 fully saturated rings. The summed E-state index contributed by atoms with van der Waals surface area (Å²) >= 11 is 0. The van der Waals surface area contributed by atoms with E-state index >= 15 is 0 Å². The predicted molar refractivity (Wildman–Crippen MR) is 211 cm³/mol. The van der Waals surface area contributed by atoms with E-state index in [1.807, 2.05) is 72.8 Å². The molecule has 0 radical (unpaired) electrons. The van der Waals surface area contributed by atoms with E-state index in [-0.39, 0.29) is 0 Å². The van der Waals surface area contributed by atoms with Crippen LogP contribution in [0.2, 0.25) is 0 Å². The monoisotopic (exact) mass is 752 g/mol. The average molecular weight is 753 g/mol. The van der Waals surface area contributed by atoms with Gasteiger partial charge in [-0.2, -0.15) is 0 Å². The molecule has 0 saturated heterocycles. The molecule has 0 aromatic heterocycles. The van der Waals surface area contributed by atoms with E-state index in [9.17, 15) is 9.13 Å².